The Labute approximate surface area is 93.5 Å². The molecule has 0 aromatic carbocycles. The molecule has 0 radical (unpaired) electrons. The van der Waals surface area contributed by atoms with Crippen LogP contribution in [0, 0.1) is 0 Å². The fraction of sp³-hybridized carbons (Fsp3) is 0.636. The van der Waals surface area contributed by atoms with Crippen molar-refractivity contribution in [2.75, 3.05) is 6.61 Å². The smallest absolute Gasteiger partial charge is 0.257 e. The second kappa shape index (κ2) is 4.65. The maximum Gasteiger partial charge on any atom is 0.257 e. The van der Waals surface area contributed by atoms with Crippen LogP contribution in [0.1, 0.15) is 31.2 Å². The maximum absolute atomic E-state index is 11.6. The third kappa shape index (κ3) is 2.24. The van der Waals surface area contributed by atoms with Gasteiger partial charge in [0, 0.05) is 13.0 Å². The fourth-order valence-electron chi connectivity index (χ4n) is 1.97. The zero-order valence-electron chi connectivity index (χ0n) is 9.32. The van der Waals surface area contributed by atoms with Gasteiger partial charge in [0.1, 0.15) is 5.82 Å². The molecule has 1 aliphatic heterocycles. The molecule has 1 unspecified atom stereocenters. The lowest BCUT2D eigenvalue weighted by atomic mass is 10.1. The van der Waals surface area contributed by atoms with Crippen molar-refractivity contribution in [1.29, 1.82) is 0 Å². The van der Waals surface area contributed by atoms with E-state index in [1.54, 1.807) is 0 Å². The molecule has 1 aromatic rings. The van der Waals surface area contributed by atoms with Crippen molar-refractivity contribution in [2.45, 2.75) is 38.7 Å². The van der Waals surface area contributed by atoms with E-state index in [1.807, 2.05) is 6.92 Å². The summed E-state index contributed by atoms with van der Waals surface area (Å²) in [6.07, 6.45) is 3.20. The average molecular weight is 224 g/mol. The number of nitrogens with one attached hydrogen (secondary N) is 1. The lowest BCUT2D eigenvalue weighted by molar-refractivity contribution is 0.109. The normalized spacial score (nSPS) is 20.2. The van der Waals surface area contributed by atoms with Gasteiger partial charge in [0.05, 0.1) is 11.7 Å². The van der Waals surface area contributed by atoms with E-state index in [0.29, 0.717) is 24.2 Å². The summed E-state index contributed by atoms with van der Waals surface area (Å²) in [5.41, 5.74) is 0.0964. The number of aromatic nitrogens is 2. The van der Waals surface area contributed by atoms with Gasteiger partial charge in [-0.15, -0.1) is 0 Å². The standard InChI is InChI=1S/C11H16N2O3/c1-2-8-10(14)12-9(13-11(8)15)6-7-4-3-5-16-7/h7H,2-6H2,1H3,(H2,12,13,14,15). The zero-order valence-corrected chi connectivity index (χ0v) is 9.32. The van der Waals surface area contributed by atoms with Crippen LogP contribution in [-0.2, 0) is 17.6 Å². The van der Waals surface area contributed by atoms with Gasteiger partial charge >= 0.3 is 0 Å². The van der Waals surface area contributed by atoms with E-state index >= 15 is 0 Å². The Morgan fingerprint density at radius 2 is 2.44 bits per heavy atom. The second-order valence-electron chi connectivity index (χ2n) is 4.01. The van der Waals surface area contributed by atoms with Gasteiger partial charge in [0.15, 0.2) is 0 Å². The van der Waals surface area contributed by atoms with E-state index in [-0.39, 0.29) is 17.5 Å². The van der Waals surface area contributed by atoms with Gasteiger partial charge in [-0.25, -0.2) is 0 Å². The summed E-state index contributed by atoms with van der Waals surface area (Å²) in [6.45, 7) is 2.58. The topological polar surface area (TPSA) is 75.2 Å². The molecule has 2 heterocycles. The molecule has 1 aromatic heterocycles. The highest BCUT2D eigenvalue weighted by Gasteiger charge is 2.18. The minimum atomic E-state index is -0.247. The molecular formula is C11H16N2O3. The highest BCUT2D eigenvalue weighted by molar-refractivity contribution is 5.22. The molecule has 5 nitrogen and oxygen atoms in total. The van der Waals surface area contributed by atoms with Gasteiger partial charge in [-0.3, -0.25) is 4.79 Å². The van der Waals surface area contributed by atoms with Crippen molar-refractivity contribution in [2.24, 2.45) is 0 Å². The number of nitrogens with zero attached hydrogens (tertiary/aromatic N) is 1. The summed E-state index contributed by atoms with van der Waals surface area (Å²) in [5.74, 6) is 0.353. The molecule has 0 saturated carbocycles. The molecule has 2 rings (SSSR count). The summed E-state index contributed by atoms with van der Waals surface area (Å²) >= 11 is 0. The van der Waals surface area contributed by atoms with Crippen LogP contribution in [0.15, 0.2) is 4.79 Å². The van der Waals surface area contributed by atoms with Crippen molar-refractivity contribution in [1.82, 2.24) is 9.97 Å². The zero-order chi connectivity index (χ0) is 11.5. The number of ether oxygens (including phenoxy) is 1. The fourth-order valence-corrected chi connectivity index (χ4v) is 1.97. The van der Waals surface area contributed by atoms with Gasteiger partial charge in [0.25, 0.3) is 5.56 Å². The lowest BCUT2D eigenvalue weighted by Crippen LogP contribution is -2.19. The Kier molecular flexibility index (Phi) is 3.24. The molecule has 1 saturated heterocycles. The summed E-state index contributed by atoms with van der Waals surface area (Å²) in [5, 5.41) is 9.57. The lowest BCUT2D eigenvalue weighted by Gasteiger charge is -2.09. The van der Waals surface area contributed by atoms with E-state index in [1.165, 1.54) is 0 Å². The summed E-state index contributed by atoms with van der Waals surface area (Å²) in [7, 11) is 0. The van der Waals surface area contributed by atoms with Gasteiger partial charge in [-0.1, -0.05) is 6.92 Å². The quantitative estimate of drug-likeness (QED) is 0.794. The Balaban J connectivity index is 2.19. The van der Waals surface area contributed by atoms with E-state index < -0.39 is 0 Å². The van der Waals surface area contributed by atoms with E-state index in [4.69, 9.17) is 4.74 Å². The van der Waals surface area contributed by atoms with E-state index in [2.05, 4.69) is 9.97 Å². The molecule has 0 spiro atoms. The molecular weight excluding hydrogens is 208 g/mol. The monoisotopic (exact) mass is 224 g/mol. The number of hydrogen-bond donors (Lipinski definition) is 2. The van der Waals surface area contributed by atoms with Crippen LogP contribution in [0.3, 0.4) is 0 Å². The first-order valence-electron chi connectivity index (χ1n) is 5.63. The molecule has 88 valence electrons. The summed E-state index contributed by atoms with van der Waals surface area (Å²) < 4.78 is 5.45. The van der Waals surface area contributed by atoms with Gasteiger partial charge in [0.2, 0.25) is 5.88 Å². The van der Waals surface area contributed by atoms with Crippen LogP contribution in [0.2, 0.25) is 0 Å². The number of aromatic amines is 1. The second-order valence-corrected chi connectivity index (χ2v) is 4.01. The molecule has 1 atom stereocenters. The molecule has 0 aliphatic carbocycles. The number of aromatic hydroxyl groups is 1. The Morgan fingerprint density at radius 1 is 1.62 bits per heavy atom. The summed E-state index contributed by atoms with van der Waals surface area (Å²) in [4.78, 5) is 18.2. The summed E-state index contributed by atoms with van der Waals surface area (Å²) in [6, 6.07) is 0. The van der Waals surface area contributed by atoms with Crippen molar-refractivity contribution < 1.29 is 9.84 Å². The third-order valence-electron chi connectivity index (χ3n) is 2.84. The van der Waals surface area contributed by atoms with Crippen LogP contribution in [0.4, 0.5) is 0 Å². The average Bonchev–Trinajstić information content (AvgIpc) is 2.70. The number of H-pyrrole nitrogens is 1. The maximum atomic E-state index is 11.6. The van der Waals surface area contributed by atoms with Gasteiger partial charge in [-0.2, -0.15) is 4.98 Å². The highest BCUT2D eigenvalue weighted by atomic mass is 16.5. The van der Waals surface area contributed by atoms with Crippen LogP contribution in [0.5, 0.6) is 5.88 Å². The SMILES string of the molecule is CCc1c(O)nc(CC2CCCO2)[nH]c1=O. The third-order valence-corrected chi connectivity index (χ3v) is 2.84. The largest absolute Gasteiger partial charge is 0.493 e. The predicted octanol–water partition coefficient (Wildman–Crippen LogP) is 0.759. The van der Waals surface area contributed by atoms with E-state index in [0.717, 1.165) is 19.4 Å². The van der Waals surface area contributed by atoms with Crippen molar-refractivity contribution in [3.8, 4) is 5.88 Å². The minimum Gasteiger partial charge on any atom is -0.493 e. The van der Waals surface area contributed by atoms with Crippen molar-refractivity contribution >= 4 is 0 Å². The minimum absolute atomic E-state index is 0.120. The molecule has 2 N–H and O–H groups in total. The predicted molar refractivity (Wildman–Crippen MR) is 58.6 cm³/mol. The Morgan fingerprint density at radius 3 is 3.00 bits per heavy atom. The Bertz CT molecular complexity index is 422. The van der Waals surface area contributed by atoms with Gasteiger partial charge in [-0.05, 0) is 19.3 Å². The number of rotatable bonds is 3. The molecule has 1 fully saturated rings. The van der Waals surface area contributed by atoms with Crippen LogP contribution in [0.25, 0.3) is 0 Å². The van der Waals surface area contributed by atoms with E-state index in [9.17, 15) is 9.90 Å². The number of hydrogen-bond acceptors (Lipinski definition) is 4. The Hall–Kier alpha value is -1.36. The first-order valence-corrected chi connectivity index (χ1v) is 5.63. The molecule has 0 bridgehead atoms. The van der Waals surface area contributed by atoms with Crippen molar-refractivity contribution in [3.63, 3.8) is 0 Å². The van der Waals surface area contributed by atoms with Crippen molar-refractivity contribution in [3.05, 3.63) is 21.7 Å². The van der Waals surface area contributed by atoms with Crippen LogP contribution in [-0.4, -0.2) is 27.8 Å². The molecule has 16 heavy (non-hydrogen) atoms. The molecule has 1 aliphatic rings. The van der Waals surface area contributed by atoms with Crippen LogP contribution >= 0.6 is 0 Å². The first kappa shape index (κ1) is 11.1. The molecule has 5 heteroatoms. The highest BCUT2D eigenvalue weighted by Crippen LogP contribution is 2.16. The van der Waals surface area contributed by atoms with Gasteiger partial charge < -0.3 is 14.8 Å². The molecule has 0 amide bonds. The first-order chi connectivity index (χ1) is 7.70. The van der Waals surface area contributed by atoms with Crippen LogP contribution < -0.4 is 5.56 Å².